The average molecular weight is 387 g/mol. The first-order chi connectivity index (χ1) is 11.6. The number of hydrogen-bond donors (Lipinski definition) is 2. The Hall–Kier alpha value is -2.80. The van der Waals surface area contributed by atoms with Crippen LogP contribution in [0.2, 0.25) is 0 Å². The Bertz CT molecular complexity index is 853. The van der Waals surface area contributed by atoms with Crippen molar-refractivity contribution in [2.75, 3.05) is 10.6 Å². The number of hydrogen-bond acceptors (Lipinski definition) is 4. The van der Waals surface area contributed by atoms with E-state index in [1.54, 1.807) is 24.3 Å². The highest BCUT2D eigenvalue weighted by Gasteiger charge is 2.08. The first-order valence-corrected chi connectivity index (χ1v) is 7.81. The highest BCUT2D eigenvalue weighted by Crippen LogP contribution is 2.17. The van der Waals surface area contributed by atoms with Gasteiger partial charge in [0.25, 0.3) is 5.91 Å². The fourth-order valence-electron chi connectivity index (χ4n) is 1.94. The third-order valence-electron chi connectivity index (χ3n) is 3.10. The highest BCUT2D eigenvalue weighted by molar-refractivity contribution is 9.10. The van der Waals surface area contributed by atoms with Crippen LogP contribution >= 0.6 is 15.9 Å². The molecule has 0 fully saturated rings. The molecule has 2 N–H and O–H groups in total. The van der Waals surface area contributed by atoms with Gasteiger partial charge in [0, 0.05) is 28.2 Å². The van der Waals surface area contributed by atoms with Gasteiger partial charge in [-0.25, -0.2) is 14.4 Å². The fourth-order valence-corrected chi connectivity index (χ4v) is 2.34. The molecule has 0 saturated carbocycles. The van der Waals surface area contributed by atoms with E-state index in [2.05, 4.69) is 36.5 Å². The number of benzene rings is 2. The lowest BCUT2D eigenvalue weighted by atomic mass is 10.3. The summed E-state index contributed by atoms with van der Waals surface area (Å²) in [6.45, 7) is 0. The van der Waals surface area contributed by atoms with E-state index in [0.29, 0.717) is 22.9 Å². The minimum atomic E-state index is -0.318. The number of halogens is 2. The summed E-state index contributed by atoms with van der Waals surface area (Å²) < 4.78 is 13.7. The second kappa shape index (κ2) is 7.18. The molecule has 0 bridgehead atoms. The summed E-state index contributed by atoms with van der Waals surface area (Å²) in [5.41, 5.74) is 1.66. The maximum absolute atomic E-state index is 12.9. The van der Waals surface area contributed by atoms with Gasteiger partial charge in [0.1, 0.15) is 5.82 Å². The average Bonchev–Trinajstić information content (AvgIpc) is 2.57. The van der Waals surface area contributed by atoms with Crippen molar-refractivity contribution in [2.45, 2.75) is 0 Å². The molecule has 3 rings (SSSR count). The molecular weight excluding hydrogens is 375 g/mol. The van der Waals surface area contributed by atoms with Crippen LogP contribution in [-0.2, 0) is 0 Å². The van der Waals surface area contributed by atoms with Crippen molar-refractivity contribution in [3.63, 3.8) is 0 Å². The Kier molecular flexibility index (Phi) is 4.81. The van der Waals surface area contributed by atoms with E-state index < -0.39 is 0 Å². The van der Waals surface area contributed by atoms with E-state index >= 15 is 0 Å². The first-order valence-electron chi connectivity index (χ1n) is 7.02. The molecule has 5 nitrogen and oxygen atoms in total. The van der Waals surface area contributed by atoms with Crippen molar-refractivity contribution in [2.24, 2.45) is 0 Å². The number of rotatable bonds is 4. The first kappa shape index (κ1) is 16.1. The van der Waals surface area contributed by atoms with Crippen molar-refractivity contribution < 1.29 is 9.18 Å². The lowest BCUT2D eigenvalue weighted by molar-refractivity contribution is 0.102. The molecule has 0 radical (unpaired) electrons. The molecule has 1 heterocycles. The summed E-state index contributed by atoms with van der Waals surface area (Å²) in [5, 5.41) is 5.69. The monoisotopic (exact) mass is 386 g/mol. The van der Waals surface area contributed by atoms with Crippen LogP contribution in [-0.4, -0.2) is 15.9 Å². The van der Waals surface area contributed by atoms with Gasteiger partial charge in [-0.05, 0) is 42.5 Å². The van der Waals surface area contributed by atoms with E-state index in [0.717, 1.165) is 4.47 Å². The Morgan fingerprint density at radius 1 is 1.00 bits per heavy atom. The van der Waals surface area contributed by atoms with Crippen LogP contribution in [0.3, 0.4) is 0 Å². The summed E-state index contributed by atoms with van der Waals surface area (Å²) in [4.78, 5) is 20.3. The van der Waals surface area contributed by atoms with Crippen molar-refractivity contribution in [1.29, 1.82) is 0 Å². The number of nitrogens with zero attached hydrogens (tertiary/aromatic N) is 2. The summed E-state index contributed by atoms with van der Waals surface area (Å²) >= 11 is 3.35. The molecule has 3 aromatic rings. The molecule has 120 valence electrons. The molecule has 0 aliphatic rings. The van der Waals surface area contributed by atoms with Crippen molar-refractivity contribution >= 4 is 39.2 Å². The summed E-state index contributed by atoms with van der Waals surface area (Å²) in [6, 6.07) is 13.1. The molecule has 0 spiro atoms. The van der Waals surface area contributed by atoms with Gasteiger partial charge in [-0.1, -0.05) is 22.0 Å². The number of carbonyl (C=O) groups is 1. The normalized spacial score (nSPS) is 10.2. The van der Waals surface area contributed by atoms with Crippen LogP contribution in [0, 0.1) is 5.82 Å². The van der Waals surface area contributed by atoms with Crippen LogP contribution in [0.1, 0.15) is 10.4 Å². The third kappa shape index (κ3) is 4.14. The van der Waals surface area contributed by atoms with Crippen LogP contribution in [0.4, 0.5) is 21.7 Å². The third-order valence-corrected chi connectivity index (χ3v) is 3.59. The minimum absolute atomic E-state index is 0.304. The largest absolute Gasteiger partial charge is 0.324 e. The molecule has 0 saturated heterocycles. The van der Waals surface area contributed by atoms with Gasteiger partial charge in [-0.2, -0.15) is 0 Å². The predicted octanol–water partition coefficient (Wildman–Crippen LogP) is 4.37. The Morgan fingerprint density at radius 2 is 1.71 bits per heavy atom. The molecule has 1 amide bonds. The summed E-state index contributed by atoms with van der Waals surface area (Å²) in [6.07, 6.45) is 2.85. The lowest BCUT2D eigenvalue weighted by Crippen LogP contribution is -2.13. The second-order valence-corrected chi connectivity index (χ2v) is 5.81. The van der Waals surface area contributed by atoms with Crippen LogP contribution < -0.4 is 10.6 Å². The Balaban J connectivity index is 1.67. The van der Waals surface area contributed by atoms with Crippen LogP contribution in [0.15, 0.2) is 65.4 Å². The van der Waals surface area contributed by atoms with Crippen molar-refractivity contribution in [1.82, 2.24) is 9.97 Å². The zero-order valence-electron chi connectivity index (χ0n) is 12.3. The molecule has 1 aromatic heterocycles. The van der Waals surface area contributed by atoms with Gasteiger partial charge < -0.3 is 10.6 Å². The van der Waals surface area contributed by atoms with Gasteiger partial charge >= 0.3 is 0 Å². The van der Waals surface area contributed by atoms with Gasteiger partial charge in [-0.15, -0.1) is 0 Å². The van der Waals surface area contributed by atoms with Crippen molar-refractivity contribution in [3.05, 3.63) is 76.8 Å². The smallest absolute Gasteiger partial charge is 0.258 e. The van der Waals surface area contributed by atoms with E-state index in [1.807, 2.05) is 12.1 Å². The second-order valence-electron chi connectivity index (χ2n) is 4.89. The number of carbonyl (C=O) groups excluding carboxylic acids is 1. The minimum Gasteiger partial charge on any atom is -0.324 e. The van der Waals surface area contributed by atoms with E-state index in [1.165, 1.54) is 24.5 Å². The van der Waals surface area contributed by atoms with Gasteiger partial charge in [0.2, 0.25) is 5.95 Å². The number of nitrogens with one attached hydrogen (secondary N) is 2. The number of amides is 1. The quantitative estimate of drug-likeness (QED) is 0.698. The molecule has 7 heteroatoms. The van der Waals surface area contributed by atoms with E-state index in [9.17, 15) is 9.18 Å². The zero-order valence-corrected chi connectivity index (χ0v) is 13.9. The Morgan fingerprint density at radius 3 is 2.38 bits per heavy atom. The van der Waals surface area contributed by atoms with Gasteiger partial charge in [-0.3, -0.25) is 4.79 Å². The standard InChI is InChI=1S/C17H12BrFN4O/c18-12-2-1-3-15(8-12)22-16(24)11-9-20-17(21-10-11)23-14-6-4-13(19)5-7-14/h1-10H,(H,22,24)(H,20,21,23). The summed E-state index contributed by atoms with van der Waals surface area (Å²) in [5.74, 6) is -0.303. The number of aromatic nitrogens is 2. The molecule has 0 aliphatic carbocycles. The van der Waals surface area contributed by atoms with Crippen molar-refractivity contribution in [3.8, 4) is 0 Å². The van der Waals surface area contributed by atoms with Gasteiger partial charge in [0.05, 0.1) is 5.56 Å². The van der Waals surface area contributed by atoms with Crippen LogP contribution in [0.25, 0.3) is 0 Å². The molecule has 0 atom stereocenters. The number of anilines is 3. The molecule has 0 unspecified atom stereocenters. The highest BCUT2D eigenvalue weighted by atomic mass is 79.9. The lowest BCUT2D eigenvalue weighted by Gasteiger charge is -2.07. The van der Waals surface area contributed by atoms with Crippen LogP contribution in [0.5, 0.6) is 0 Å². The maximum Gasteiger partial charge on any atom is 0.258 e. The molecule has 24 heavy (non-hydrogen) atoms. The zero-order chi connectivity index (χ0) is 16.9. The predicted molar refractivity (Wildman–Crippen MR) is 93.8 cm³/mol. The SMILES string of the molecule is O=C(Nc1cccc(Br)c1)c1cnc(Nc2ccc(F)cc2)nc1. The topological polar surface area (TPSA) is 66.9 Å². The Labute approximate surface area is 146 Å². The molecule has 0 aliphatic heterocycles. The maximum atomic E-state index is 12.9. The van der Waals surface area contributed by atoms with Gasteiger partial charge in [0.15, 0.2) is 0 Å². The molecular formula is C17H12BrFN4O. The van der Waals surface area contributed by atoms with E-state index in [4.69, 9.17) is 0 Å². The molecule has 2 aromatic carbocycles. The van der Waals surface area contributed by atoms with E-state index in [-0.39, 0.29) is 11.7 Å². The fraction of sp³-hybridized carbons (Fsp3) is 0. The summed E-state index contributed by atoms with van der Waals surface area (Å²) in [7, 11) is 0.